The first-order valence-electron chi connectivity index (χ1n) is 10.3. The molecule has 2 aliphatic heterocycles. The minimum atomic E-state index is -0.154. The summed E-state index contributed by atoms with van der Waals surface area (Å²) in [6.07, 6.45) is 3.59. The van der Waals surface area contributed by atoms with E-state index in [4.69, 9.17) is 0 Å². The molecule has 0 radical (unpaired) electrons. The monoisotopic (exact) mass is 395 g/mol. The van der Waals surface area contributed by atoms with Gasteiger partial charge in [-0.05, 0) is 61.4 Å². The lowest BCUT2D eigenvalue weighted by molar-refractivity contribution is 0.0668. The largest absolute Gasteiger partial charge is 0.338 e. The lowest BCUT2D eigenvalue weighted by atomic mass is 9.91. The van der Waals surface area contributed by atoms with E-state index in [1.807, 2.05) is 35.2 Å². The number of hydrogen-bond acceptors (Lipinski definition) is 2. The second-order valence-electron chi connectivity index (χ2n) is 7.82. The number of nitrogens with one attached hydrogen (secondary N) is 1. The van der Waals surface area contributed by atoms with Gasteiger partial charge in [0.2, 0.25) is 0 Å². The van der Waals surface area contributed by atoms with Crippen LogP contribution in [0.15, 0.2) is 48.5 Å². The number of rotatable bonds is 5. The van der Waals surface area contributed by atoms with Crippen LogP contribution in [-0.4, -0.2) is 43.0 Å². The SMILES string of the molecule is O=C(c1cccc(N2CCNC2=O)c1)N1CCC[C@H](CCc2ccccc2F)C1. The molecule has 0 saturated carbocycles. The van der Waals surface area contributed by atoms with Crippen LogP contribution in [-0.2, 0) is 6.42 Å². The highest BCUT2D eigenvalue weighted by Crippen LogP contribution is 2.25. The van der Waals surface area contributed by atoms with Crippen molar-refractivity contribution >= 4 is 17.6 Å². The van der Waals surface area contributed by atoms with Gasteiger partial charge in [-0.25, -0.2) is 9.18 Å². The molecule has 0 bridgehead atoms. The molecule has 29 heavy (non-hydrogen) atoms. The van der Waals surface area contributed by atoms with Gasteiger partial charge in [-0.15, -0.1) is 0 Å². The van der Waals surface area contributed by atoms with Gasteiger partial charge >= 0.3 is 6.03 Å². The van der Waals surface area contributed by atoms with Crippen LogP contribution in [0.3, 0.4) is 0 Å². The maximum atomic E-state index is 13.9. The van der Waals surface area contributed by atoms with E-state index < -0.39 is 0 Å². The molecule has 152 valence electrons. The van der Waals surface area contributed by atoms with E-state index in [2.05, 4.69) is 5.32 Å². The minimum absolute atomic E-state index is 0.00190. The standard InChI is InChI=1S/C23H26FN3O2/c24-21-9-2-1-6-18(21)11-10-17-5-4-13-26(16-17)22(28)19-7-3-8-20(15-19)27-14-12-25-23(27)29/h1-3,6-9,15,17H,4-5,10-14,16H2,(H,25,29)/t17-/m1/s1. The average molecular weight is 395 g/mol. The van der Waals surface area contributed by atoms with Crippen molar-refractivity contribution in [2.24, 2.45) is 5.92 Å². The van der Waals surface area contributed by atoms with Gasteiger partial charge in [-0.1, -0.05) is 24.3 Å². The Bertz CT molecular complexity index is 901. The molecule has 0 spiro atoms. The number of anilines is 1. The molecule has 0 aromatic heterocycles. The third-order valence-corrected chi connectivity index (χ3v) is 5.85. The number of hydrogen-bond donors (Lipinski definition) is 1. The Hall–Kier alpha value is -2.89. The molecule has 1 atom stereocenters. The van der Waals surface area contributed by atoms with Crippen molar-refractivity contribution in [2.75, 3.05) is 31.1 Å². The molecule has 2 aromatic rings. The van der Waals surface area contributed by atoms with Gasteiger partial charge in [0.1, 0.15) is 5.82 Å². The normalized spacial score (nSPS) is 19.3. The molecule has 4 rings (SSSR count). The van der Waals surface area contributed by atoms with Gasteiger partial charge < -0.3 is 10.2 Å². The summed E-state index contributed by atoms with van der Waals surface area (Å²) in [7, 11) is 0. The number of urea groups is 1. The van der Waals surface area contributed by atoms with Crippen molar-refractivity contribution in [3.05, 3.63) is 65.5 Å². The summed E-state index contributed by atoms with van der Waals surface area (Å²) < 4.78 is 13.9. The molecule has 1 N–H and O–H groups in total. The summed E-state index contributed by atoms with van der Waals surface area (Å²) in [5.74, 6) is 0.223. The molecule has 2 saturated heterocycles. The highest BCUT2D eigenvalue weighted by molar-refractivity contribution is 5.98. The molecular formula is C23H26FN3O2. The maximum Gasteiger partial charge on any atom is 0.321 e. The zero-order chi connectivity index (χ0) is 20.2. The quantitative estimate of drug-likeness (QED) is 0.836. The average Bonchev–Trinajstić information content (AvgIpc) is 3.19. The summed E-state index contributed by atoms with van der Waals surface area (Å²) in [5, 5.41) is 2.78. The van der Waals surface area contributed by atoms with E-state index in [0.29, 0.717) is 37.5 Å². The van der Waals surface area contributed by atoms with Crippen LogP contribution in [0.1, 0.15) is 35.2 Å². The number of nitrogens with zero attached hydrogens (tertiary/aromatic N) is 2. The Morgan fingerprint density at radius 1 is 1.14 bits per heavy atom. The zero-order valence-corrected chi connectivity index (χ0v) is 16.4. The van der Waals surface area contributed by atoms with Gasteiger partial charge in [0, 0.05) is 37.4 Å². The highest BCUT2D eigenvalue weighted by Gasteiger charge is 2.26. The lowest BCUT2D eigenvalue weighted by Gasteiger charge is -2.33. The van der Waals surface area contributed by atoms with Crippen molar-refractivity contribution in [1.82, 2.24) is 10.2 Å². The molecule has 2 fully saturated rings. The molecule has 0 aliphatic carbocycles. The van der Waals surface area contributed by atoms with Crippen molar-refractivity contribution < 1.29 is 14.0 Å². The van der Waals surface area contributed by atoms with Crippen LogP contribution >= 0.6 is 0 Å². The second-order valence-corrected chi connectivity index (χ2v) is 7.82. The van der Waals surface area contributed by atoms with Crippen molar-refractivity contribution in [2.45, 2.75) is 25.7 Å². The van der Waals surface area contributed by atoms with Gasteiger partial charge in [0.25, 0.3) is 5.91 Å². The number of likely N-dealkylation sites (tertiary alicyclic amines) is 1. The summed E-state index contributed by atoms with van der Waals surface area (Å²) >= 11 is 0. The van der Waals surface area contributed by atoms with E-state index in [1.54, 1.807) is 17.0 Å². The molecule has 0 unspecified atom stereocenters. The number of carbonyl (C=O) groups excluding carboxylic acids is 2. The Morgan fingerprint density at radius 2 is 2.00 bits per heavy atom. The van der Waals surface area contributed by atoms with Crippen LogP contribution in [0, 0.1) is 11.7 Å². The third-order valence-electron chi connectivity index (χ3n) is 5.85. The second kappa shape index (κ2) is 8.64. The molecular weight excluding hydrogens is 369 g/mol. The van der Waals surface area contributed by atoms with Crippen LogP contribution < -0.4 is 10.2 Å². The smallest absolute Gasteiger partial charge is 0.321 e. The number of benzene rings is 2. The molecule has 2 aliphatic rings. The molecule has 6 heteroatoms. The predicted octanol–water partition coefficient (Wildman–Crippen LogP) is 3.84. The fraction of sp³-hybridized carbons (Fsp3) is 0.391. The van der Waals surface area contributed by atoms with Crippen LogP contribution in [0.2, 0.25) is 0 Å². The minimum Gasteiger partial charge on any atom is -0.338 e. The summed E-state index contributed by atoms with van der Waals surface area (Å²) in [6.45, 7) is 2.66. The van der Waals surface area contributed by atoms with Crippen molar-refractivity contribution in [1.29, 1.82) is 0 Å². The molecule has 3 amide bonds. The van der Waals surface area contributed by atoms with Crippen LogP contribution in [0.25, 0.3) is 0 Å². The van der Waals surface area contributed by atoms with Gasteiger partial charge in [0.05, 0.1) is 0 Å². The Labute approximate surface area is 170 Å². The number of piperidine rings is 1. The first kappa shape index (κ1) is 19.4. The Balaban J connectivity index is 1.40. The van der Waals surface area contributed by atoms with E-state index in [9.17, 15) is 14.0 Å². The molecule has 5 nitrogen and oxygen atoms in total. The van der Waals surface area contributed by atoms with E-state index in [1.165, 1.54) is 6.07 Å². The summed E-state index contributed by atoms with van der Waals surface area (Å²) in [5.41, 5.74) is 2.10. The number of halogens is 1. The van der Waals surface area contributed by atoms with Crippen molar-refractivity contribution in [3.8, 4) is 0 Å². The van der Waals surface area contributed by atoms with Crippen molar-refractivity contribution in [3.63, 3.8) is 0 Å². The summed E-state index contributed by atoms with van der Waals surface area (Å²) in [4.78, 5) is 28.5. The lowest BCUT2D eigenvalue weighted by Crippen LogP contribution is -2.40. The number of amides is 3. The Kier molecular flexibility index (Phi) is 5.79. The Morgan fingerprint density at radius 3 is 2.79 bits per heavy atom. The third kappa shape index (κ3) is 4.42. The van der Waals surface area contributed by atoms with E-state index >= 15 is 0 Å². The molecule has 2 aromatic carbocycles. The topological polar surface area (TPSA) is 52.7 Å². The summed E-state index contributed by atoms with van der Waals surface area (Å²) in [6, 6.07) is 14.1. The van der Waals surface area contributed by atoms with Gasteiger partial charge in [0.15, 0.2) is 0 Å². The van der Waals surface area contributed by atoms with E-state index in [-0.39, 0.29) is 17.8 Å². The first-order chi connectivity index (χ1) is 14.1. The van der Waals surface area contributed by atoms with Gasteiger partial charge in [-0.3, -0.25) is 9.69 Å². The fourth-order valence-corrected chi connectivity index (χ4v) is 4.25. The maximum absolute atomic E-state index is 13.9. The van der Waals surface area contributed by atoms with Crippen LogP contribution in [0.4, 0.5) is 14.9 Å². The zero-order valence-electron chi connectivity index (χ0n) is 16.4. The van der Waals surface area contributed by atoms with Gasteiger partial charge in [-0.2, -0.15) is 0 Å². The number of carbonyl (C=O) groups is 2. The predicted molar refractivity (Wildman–Crippen MR) is 111 cm³/mol. The number of aryl methyl sites for hydroxylation is 1. The fourth-order valence-electron chi connectivity index (χ4n) is 4.25. The first-order valence-corrected chi connectivity index (χ1v) is 10.3. The highest BCUT2D eigenvalue weighted by atomic mass is 19.1. The van der Waals surface area contributed by atoms with E-state index in [0.717, 1.165) is 37.1 Å². The van der Waals surface area contributed by atoms with Crippen LogP contribution in [0.5, 0.6) is 0 Å². The molecule has 2 heterocycles.